The van der Waals surface area contributed by atoms with Crippen LogP contribution in [-0.4, -0.2) is 17.1 Å². The van der Waals surface area contributed by atoms with E-state index < -0.39 is 0 Å². The van der Waals surface area contributed by atoms with Gasteiger partial charge < -0.3 is 11.1 Å². The average Bonchev–Trinajstić information content (AvgIpc) is 2.90. The highest BCUT2D eigenvalue weighted by molar-refractivity contribution is 7.80. The minimum absolute atomic E-state index is 0.205. The molecule has 0 radical (unpaired) electrons. The number of thiocarbonyl (C=S) groups is 1. The smallest absolute Gasteiger partial charge is 0.0818 e. The molecule has 2 unspecified atom stereocenters. The molecule has 0 heterocycles. The highest BCUT2D eigenvalue weighted by Crippen LogP contribution is 2.68. The molecule has 36 heavy (non-hydrogen) atoms. The van der Waals surface area contributed by atoms with Crippen molar-refractivity contribution in [3.05, 3.63) is 71.8 Å². The van der Waals surface area contributed by atoms with Crippen molar-refractivity contribution in [3.8, 4) is 0 Å². The van der Waals surface area contributed by atoms with Crippen molar-refractivity contribution in [1.29, 1.82) is 0 Å². The van der Waals surface area contributed by atoms with Crippen LogP contribution in [0.4, 0.5) is 0 Å². The van der Waals surface area contributed by atoms with Crippen LogP contribution in [0.2, 0.25) is 0 Å². The second-order valence-electron chi connectivity index (χ2n) is 12.9. The van der Waals surface area contributed by atoms with E-state index in [0.717, 1.165) is 30.6 Å². The lowest BCUT2D eigenvalue weighted by atomic mass is 9.39. The van der Waals surface area contributed by atoms with E-state index in [4.69, 9.17) is 18.0 Å². The van der Waals surface area contributed by atoms with E-state index in [9.17, 15) is 0 Å². The molecule has 5 fully saturated rings. The molecule has 3 N–H and O–H groups in total. The molecule has 2 atom stereocenters. The first-order valence-corrected chi connectivity index (χ1v) is 15.1. The largest absolute Gasteiger partial charge is 0.376 e. The maximum atomic E-state index is 6.31. The maximum absolute atomic E-state index is 6.31. The summed E-state index contributed by atoms with van der Waals surface area (Å²) in [6.07, 6.45) is 16.6. The van der Waals surface area contributed by atoms with Gasteiger partial charge in [0.25, 0.3) is 0 Å². The molecule has 0 aliphatic heterocycles. The molecule has 0 aromatic heterocycles. The first-order chi connectivity index (χ1) is 17.6. The van der Waals surface area contributed by atoms with Gasteiger partial charge in [0.1, 0.15) is 0 Å². The molecule has 4 bridgehead atoms. The first-order valence-electron chi connectivity index (χ1n) is 14.7. The summed E-state index contributed by atoms with van der Waals surface area (Å²) in [6.45, 7) is 0. The standard InChI is InChI=1S/C33H44N2S/c34-28-15-17-29(18-16-28)35-31(36)33-21-25-19-32(23-33,27-12-5-2-6-13-27)20-26(22-33)30(25)14-8-7-11-24-9-3-1-4-10-24/h1-6,9-10,12-13,25-26,28-30H,7-8,11,14-23,34H2,(H,35,36). The van der Waals surface area contributed by atoms with Gasteiger partial charge in [0, 0.05) is 17.5 Å². The Morgan fingerprint density at radius 1 is 0.833 bits per heavy atom. The van der Waals surface area contributed by atoms with Crippen molar-refractivity contribution in [1.82, 2.24) is 5.32 Å². The Morgan fingerprint density at radius 3 is 2.14 bits per heavy atom. The zero-order chi connectivity index (χ0) is 24.6. The van der Waals surface area contributed by atoms with E-state index >= 15 is 0 Å². The normalized spacial score (nSPS) is 37.1. The molecule has 5 aliphatic rings. The van der Waals surface area contributed by atoms with E-state index in [0.29, 0.717) is 17.5 Å². The second-order valence-corrected chi connectivity index (χ2v) is 13.3. The fourth-order valence-corrected chi connectivity index (χ4v) is 9.47. The predicted molar refractivity (Wildman–Crippen MR) is 154 cm³/mol. The lowest BCUT2D eigenvalue weighted by molar-refractivity contribution is -0.0844. The lowest BCUT2D eigenvalue weighted by Gasteiger charge is -2.65. The van der Waals surface area contributed by atoms with Gasteiger partial charge in [-0.15, -0.1) is 0 Å². The van der Waals surface area contributed by atoms with Crippen LogP contribution in [0.3, 0.4) is 0 Å². The number of benzene rings is 2. The minimum atomic E-state index is 0.205. The van der Waals surface area contributed by atoms with Crippen LogP contribution in [0.5, 0.6) is 0 Å². The summed E-state index contributed by atoms with van der Waals surface area (Å²) in [5.41, 5.74) is 9.80. The SMILES string of the molecule is NC1CCC(NC(=S)C23CC4CC(c5ccccc5)(CC(C2)C4CCCCc2ccccc2)C3)CC1. The lowest BCUT2D eigenvalue weighted by Crippen LogP contribution is -2.62. The van der Waals surface area contributed by atoms with Gasteiger partial charge in [-0.1, -0.05) is 79.3 Å². The van der Waals surface area contributed by atoms with Crippen LogP contribution in [0.25, 0.3) is 0 Å². The van der Waals surface area contributed by atoms with Gasteiger partial charge in [0.2, 0.25) is 0 Å². The number of hydrogen-bond acceptors (Lipinski definition) is 2. The van der Waals surface area contributed by atoms with Crippen LogP contribution >= 0.6 is 12.2 Å². The summed E-state index contributed by atoms with van der Waals surface area (Å²) >= 11 is 6.31. The van der Waals surface area contributed by atoms with E-state index in [-0.39, 0.29) is 5.41 Å². The van der Waals surface area contributed by atoms with Gasteiger partial charge >= 0.3 is 0 Å². The molecule has 192 valence electrons. The van der Waals surface area contributed by atoms with Gasteiger partial charge in [-0.25, -0.2) is 0 Å². The predicted octanol–water partition coefficient (Wildman–Crippen LogP) is 7.35. The summed E-state index contributed by atoms with van der Waals surface area (Å²) < 4.78 is 0. The Labute approximate surface area is 223 Å². The molecule has 5 aliphatic carbocycles. The van der Waals surface area contributed by atoms with Gasteiger partial charge in [-0.3, -0.25) is 0 Å². The molecule has 0 saturated heterocycles. The molecular formula is C33H44N2S. The molecule has 2 aromatic carbocycles. The zero-order valence-electron chi connectivity index (χ0n) is 21.8. The number of aryl methyl sites for hydroxylation is 1. The zero-order valence-corrected chi connectivity index (χ0v) is 22.7. The third-order valence-electron chi connectivity index (χ3n) is 10.6. The van der Waals surface area contributed by atoms with Crippen LogP contribution in [0, 0.1) is 23.2 Å². The molecule has 7 rings (SSSR count). The molecule has 3 heteroatoms. The Kier molecular flexibility index (Phi) is 6.99. The summed E-state index contributed by atoms with van der Waals surface area (Å²) in [5.74, 6) is 2.53. The molecule has 0 amide bonds. The van der Waals surface area contributed by atoms with Crippen LogP contribution < -0.4 is 11.1 Å². The molecule has 0 spiro atoms. The maximum Gasteiger partial charge on any atom is 0.0818 e. The number of rotatable bonds is 8. The molecule has 5 saturated carbocycles. The Balaban J connectivity index is 1.17. The fourth-order valence-electron chi connectivity index (χ4n) is 9.07. The fraction of sp³-hybridized carbons (Fsp3) is 0.606. The summed E-state index contributed by atoms with van der Waals surface area (Å²) in [5, 5.41) is 3.93. The van der Waals surface area contributed by atoms with Crippen molar-refractivity contribution in [2.45, 2.75) is 101 Å². The van der Waals surface area contributed by atoms with Crippen molar-refractivity contribution in [2.75, 3.05) is 0 Å². The Bertz CT molecular complexity index is 1010. The summed E-state index contributed by atoms with van der Waals surface area (Å²) in [4.78, 5) is 1.21. The Morgan fingerprint density at radius 2 is 1.47 bits per heavy atom. The van der Waals surface area contributed by atoms with Crippen molar-refractivity contribution in [2.24, 2.45) is 28.9 Å². The van der Waals surface area contributed by atoms with E-state index in [1.807, 2.05) is 0 Å². The summed E-state index contributed by atoms with van der Waals surface area (Å²) in [7, 11) is 0. The number of hydrogen-bond donors (Lipinski definition) is 2. The third kappa shape index (κ3) is 4.78. The van der Waals surface area contributed by atoms with Gasteiger partial charge in [-0.05, 0) is 111 Å². The van der Waals surface area contributed by atoms with Crippen LogP contribution in [-0.2, 0) is 11.8 Å². The highest BCUT2D eigenvalue weighted by atomic mass is 32.1. The van der Waals surface area contributed by atoms with Crippen molar-refractivity contribution >= 4 is 17.2 Å². The number of unbranched alkanes of at least 4 members (excludes halogenated alkanes) is 1. The van der Waals surface area contributed by atoms with E-state index in [2.05, 4.69) is 66.0 Å². The van der Waals surface area contributed by atoms with E-state index in [1.54, 1.807) is 5.56 Å². The molecule has 2 aromatic rings. The molecule has 2 nitrogen and oxygen atoms in total. The van der Waals surface area contributed by atoms with Gasteiger partial charge in [0.15, 0.2) is 0 Å². The summed E-state index contributed by atoms with van der Waals surface area (Å²) in [6, 6.07) is 23.5. The monoisotopic (exact) mass is 500 g/mol. The van der Waals surface area contributed by atoms with Crippen molar-refractivity contribution < 1.29 is 0 Å². The highest BCUT2D eigenvalue weighted by Gasteiger charge is 2.62. The minimum Gasteiger partial charge on any atom is -0.376 e. The number of nitrogens with two attached hydrogens (primary N) is 1. The third-order valence-corrected chi connectivity index (χ3v) is 11.1. The van der Waals surface area contributed by atoms with E-state index in [1.165, 1.54) is 81.2 Å². The Hall–Kier alpha value is -1.71. The van der Waals surface area contributed by atoms with Gasteiger partial charge in [0.05, 0.1) is 4.99 Å². The first kappa shape index (κ1) is 24.6. The van der Waals surface area contributed by atoms with Crippen molar-refractivity contribution in [3.63, 3.8) is 0 Å². The number of nitrogens with one attached hydrogen (secondary N) is 1. The second kappa shape index (κ2) is 10.2. The van der Waals surface area contributed by atoms with Crippen LogP contribution in [0.1, 0.15) is 88.2 Å². The van der Waals surface area contributed by atoms with Gasteiger partial charge in [-0.2, -0.15) is 0 Å². The topological polar surface area (TPSA) is 38.0 Å². The molecular weight excluding hydrogens is 456 g/mol. The quantitative estimate of drug-likeness (QED) is 0.294. The average molecular weight is 501 g/mol. The van der Waals surface area contributed by atoms with Crippen LogP contribution in [0.15, 0.2) is 60.7 Å².